The fourth-order valence-electron chi connectivity index (χ4n) is 1.45. The molecule has 2 aromatic heterocycles. The molecule has 7 heteroatoms. The number of anilines is 1. The van der Waals surface area contributed by atoms with E-state index in [1.165, 1.54) is 18.5 Å². The van der Waals surface area contributed by atoms with E-state index in [1.807, 2.05) is 6.92 Å². The first-order valence-electron chi connectivity index (χ1n) is 5.54. The zero-order valence-corrected chi connectivity index (χ0v) is 11.5. The molecule has 2 heterocycles. The zero-order chi connectivity index (χ0) is 13.8. The molecule has 2 rings (SSSR count). The molecular weight excluding hydrogens is 287 g/mol. The van der Waals surface area contributed by atoms with Crippen molar-refractivity contribution in [2.75, 3.05) is 5.32 Å². The lowest BCUT2D eigenvalue weighted by Crippen LogP contribution is -2.13. The van der Waals surface area contributed by atoms with Crippen molar-refractivity contribution >= 4 is 34.9 Å². The Morgan fingerprint density at radius 1 is 1.21 bits per heavy atom. The van der Waals surface area contributed by atoms with Gasteiger partial charge in [-0.3, -0.25) is 4.79 Å². The van der Waals surface area contributed by atoms with Crippen molar-refractivity contribution in [1.29, 1.82) is 0 Å². The number of halogens is 2. The van der Waals surface area contributed by atoms with Crippen molar-refractivity contribution in [3.05, 3.63) is 46.1 Å². The first-order chi connectivity index (χ1) is 9.08. The van der Waals surface area contributed by atoms with Gasteiger partial charge in [-0.2, -0.15) is 0 Å². The molecule has 0 saturated carbocycles. The highest BCUT2D eigenvalue weighted by atomic mass is 35.5. The number of pyridine rings is 1. The van der Waals surface area contributed by atoms with E-state index < -0.39 is 0 Å². The maximum atomic E-state index is 12.0. The van der Waals surface area contributed by atoms with Crippen LogP contribution in [0.2, 0.25) is 10.3 Å². The molecule has 0 bridgehead atoms. The summed E-state index contributed by atoms with van der Waals surface area (Å²) >= 11 is 11.6. The van der Waals surface area contributed by atoms with Crippen molar-refractivity contribution < 1.29 is 4.79 Å². The van der Waals surface area contributed by atoms with Gasteiger partial charge < -0.3 is 5.32 Å². The summed E-state index contributed by atoms with van der Waals surface area (Å²) in [6, 6.07) is 4.64. The highest BCUT2D eigenvalue weighted by Gasteiger charge is 2.10. The second kappa shape index (κ2) is 5.95. The number of carbonyl (C=O) groups is 1. The average Bonchev–Trinajstić information content (AvgIpc) is 2.38. The Kier molecular flexibility index (Phi) is 4.29. The van der Waals surface area contributed by atoms with Gasteiger partial charge in [0.2, 0.25) is 0 Å². The van der Waals surface area contributed by atoms with Gasteiger partial charge in [-0.15, -0.1) is 0 Å². The van der Waals surface area contributed by atoms with E-state index in [4.69, 9.17) is 23.2 Å². The molecule has 19 heavy (non-hydrogen) atoms. The van der Waals surface area contributed by atoms with Crippen molar-refractivity contribution in [3.8, 4) is 0 Å². The maximum Gasteiger partial charge on any atom is 0.256 e. The van der Waals surface area contributed by atoms with Crippen molar-refractivity contribution in [2.24, 2.45) is 0 Å². The topological polar surface area (TPSA) is 67.8 Å². The van der Waals surface area contributed by atoms with E-state index in [1.54, 1.807) is 6.07 Å². The minimum Gasteiger partial charge on any atom is -0.306 e. The Morgan fingerprint density at radius 2 is 2.00 bits per heavy atom. The summed E-state index contributed by atoms with van der Waals surface area (Å²) in [4.78, 5) is 23.8. The van der Waals surface area contributed by atoms with Gasteiger partial charge in [0.05, 0.1) is 0 Å². The van der Waals surface area contributed by atoms with Gasteiger partial charge in [0.25, 0.3) is 5.91 Å². The Balaban J connectivity index is 2.22. The van der Waals surface area contributed by atoms with Crippen molar-refractivity contribution in [1.82, 2.24) is 15.0 Å². The van der Waals surface area contributed by atoms with E-state index in [0.29, 0.717) is 17.8 Å². The van der Waals surface area contributed by atoms with Crippen LogP contribution in [0.5, 0.6) is 0 Å². The molecule has 0 aliphatic carbocycles. The SMILES string of the molecule is CCc1cc(C(=O)Nc2cc(Cl)ncn2)cc(Cl)n1. The van der Waals surface area contributed by atoms with Crippen LogP contribution in [0.1, 0.15) is 23.0 Å². The van der Waals surface area contributed by atoms with Gasteiger partial charge in [-0.05, 0) is 18.6 Å². The Morgan fingerprint density at radius 3 is 2.68 bits per heavy atom. The first-order valence-corrected chi connectivity index (χ1v) is 6.29. The molecule has 0 aromatic carbocycles. The maximum absolute atomic E-state index is 12.0. The second-order valence-electron chi connectivity index (χ2n) is 3.70. The van der Waals surface area contributed by atoms with Crippen LogP contribution >= 0.6 is 23.2 Å². The molecule has 0 aliphatic heterocycles. The lowest BCUT2D eigenvalue weighted by Gasteiger charge is -2.06. The predicted molar refractivity (Wildman–Crippen MR) is 73.6 cm³/mol. The number of carbonyl (C=O) groups excluding carboxylic acids is 1. The number of aryl methyl sites for hydroxylation is 1. The molecule has 1 amide bonds. The van der Waals surface area contributed by atoms with Crippen molar-refractivity contribution in [2.45, 2.75) is 13.3 Å². The Hall–Kier alpha value is -1.72. The molecule has 0 radical (unpaired) electrons. The second-order valence-corrected chi connectivity index (χ2v) is 4.48. The summed E-state index contributed by atoms with van der Waals surface area (Å²) in [5.74, 6) is 0.00440. The highest BCUT2D eigenvalue weighted by molar-refractivity contribution is 6.30. The minimum absolute atomic E-state index is 0.257. The third kappa shape index (κ3) is 3.62. The number of aromatic nitrogens is 3. The standard InChI is InChI=1S/C12H10Cl2N4O/c1-2-8-3-7(4-10(14)17-8)12(19)18-11-5-9(13)15-6-16-11/h3-6H,2H2,1H3,(H,15,16,18,19). The number of nitrogens with one attached hydrogen (secondary N) is 1. The zero-order valence-electron chi connectivity index (χ0n) is 10.0. The molecular formula is C12H10Cl2N4O. The first kappa shape index (κ1) is 13.7. The number of amides is 1. The third-order valence-corrected chi connectivity index (χ3v) is 2.75. The fourth-order valence-corrected chi connectivity index (χ4v) is 1.83. The van der Waals surface area contributed by atoms with Gasteiger partial charge >= 0.3 is 0 Å². The van der Waals surface area contributed by atoms with Gasteiger partial charge in [0.15, 0.2) is 0 Å². The summed E-state index contributed by atoms with van der Waals surface area (Å²) in [5.41, 5.74) is 1.17. The number of rotatable bonds is 3. The smallest absolute Gasteiger partial charge is 0.256 e. The molecule has 2 aromatic rings. The molecule has 0 unspecified atom stereocenters. The van der Waals surface area contributed by atoms with E-state index in [9.17, 15) is 4.79 Å². The third-order valence-electron chi connectivity index (χ3n) is 2.35. The van der Waals surface area contributed by atoms with Crippen LogP contribution < -0.4 is 5.32 Å². The van der Waals surface area contributed by atoms with E-state index in [2.05, 4.69) is 20.3 Å². The van der Waals surface area contributed by atoms with Crippen LogP contribution in [-0.2, 0) is 6.42 Å². The lowest BCUT2D eigenvalue weighted by molar-refractivity contribution is 0.102. The van der Waals surface area contributed by atoms with E-state index in [-0.39, 0.29) is 16.2 Å². The van der Waals surface area contributed by atoms with Gasteiger partial charge in [-0.1, -0.05) is 30.1 Å². The summed E-state index contributed by atoms with van der Waals surface area (Å²) in [6.07, 6.45) is 1.97. The van der Waals surface area contributed by atoms with E-state index >= 15 is 0 Å². The fraction of sp³-hybridized carbons (Fsp3) is 0.167. The molecule has 0 spiro atoms. The average molecular weight is 297 g/mol. The van der Waals surface area contributed by atoms with Gasteiger partial charge in [-0.25, -0.2) is 15.0 Å². The molecule has 0 atom stereocenters. The van der Waals surface area contributed by atoms with Crippen LogP contribution in [-0.4, -0.2) is 20.9 Å². The van der Waals surface area contributed by atoms with Crippen LogP contribution in [0.3, 0.4) is 0 Å². The Bertz CT molecular complexity index is 618. The lowest BCUT2D eigenvalue weighted by atomic mass is 10.2. The van der Waals surface area contributed by atoms with E-state index in [0.717, 1.165) is 5.69 Å². The number of hydrogen-bond donors (Lipinski definition) is 1. The summed E-state index contributed by atoms with van der Waals surface area (Å²) < 4.78 is 0. The van der Waals surface area contributed by atoms with Crippen LogP contribution in [0, 0.1) is 0 Å². The summed E-state index contributed by atoms with van der Waals surface area (Å²) in [7, 11) is 0. The monoisotopic (exact) mass is 296 g/mol. The van der Waals surface area contributed by atoms with Crippen LogP contribution in [0.15, 0.2) is 24.5 Å². The predicted octanol–water partition coefficient (Wildman–Crippen LogP) is 2.99. The molecule has 0 aliphatic rings. The molecule has 0 fully saturated rings. The quantitative estimate of drug-likeness (QED) is 0.698. The van der Waals surface area contributed by atoms with Gasteiger partial charge in [0.1, 0.15) is 22.5 Å². The molecule has 1 N–H and O–H groups in total. The summed E-state index contributed by atoms with van der Waals surface area (Å²) in [5, 5.41) is 3.16. The van der Waals surface area contributed by atoms with Gasteiger partial charge in [0, 0.05) is 17.3 Å². The normalized spacial score (nSPS) is 10.3. The summed E-state index contributed by atoms with van der Waals surface area (Å²) in [6.45, 7) is 1.94. The highest BCUT2D eigenvalue weighted by Crippen LogP contribution is 2.14. The largest absolute Gasteiger partial charge is 0.306 e. The van der Waals surface area contributed by atoms with Crippen LogP contribution in [0.25, 0.3) is 0 Å². The molecule has 5 nitrogen and oxygen atoms in total. The number of nitrogens with zero attached hydrogens (tertiary/aromatic N) is 3. The molecule has 98 valence electrons. The van der Waals surface area contributed by atoms with Crippen LogP contribution in [0.4, 0.5) is 5.82 Å². The number of hydrogen-bond acceptors (Lipinski definition) is 4. The minimum atomic E-state index is -0.325. The van der Waals surface area contributed by atoms with Crippen molar-refractivity contribution in [3.63, 3.8) is 0 Å². The Labute approximate surface area is 120 Å². The molecule has 0 saturated heterocycles.